The second-order valence-electron chi connectivity index (χ2n) is 5.63. The Bertz CT molecular complexity index is 758. The summed E-state index contributed by atoms with van der Waals surface area (Å²) in [4.78, 5) is 30.1. The third kappa shape index (κ3) is 3.60. The summed E-state index contributed by atoms with van der Waals surface area (Å²) in [6, 6.07) is 6.69. The highest BCUT2D eigenvalue weighted by atomic mass is 35.5. The molecule has 0 saturated heterocycles. The minimum atomic E-state index is -0.229. The van der Waals surface area contributed by atoms with E-state index in [-0.39, 0.29) is 17.7 Å². The van der Waals surface area contributed by atoms with Gasteiger partial charge < -0.3 is 5.32 Å². The molecule has 0 aliphatic heterocycles. The third-order valence-electron chi connectivity index (χ3n) is 3.95. The number of halogens is 1. The van der Waals surface area contributed by atoms with Crippen LogP contribution < -0.4 is 10.6 Å². The Morgan fingerprint density at radius 2 is 2.08 bits per heavy atom. The normalized spacial score (nSPS) is 16.3. The van der Waals surface area contributed by atoms with Gasteiger partial charge in [-0.15, -0.1) is 11.3 Å². The fraction of sp³-hybridized carbons (Fsp3) is 0.353. The Kier molecular flexibility index (Phi) is 5.16. The molecule has 2 aromatic rings. The molecule has 1 aromatic carbocycles. The van der Waals surface area contributed by atoms with E-state index in [1.54, 1.807) is 24.3 Å². The maximum absolute atomic E-state index is 12.3. The molecular weight excluding hydrogens is 346 g/mol. The molecule has 1 heterocycles. The summed E-state index contributed by atoms with van der Waals surface area (Å²) in [7, 11) is 0. The van der Waals surface area contributed by atoms with Crippen molar-refractivity contribution in [2.45, 2.75) is 32.1 Å². The second-order valence-corrected chi connectivity index (χ2v) is 7.15. The van der Waals surface area contributed by atoms with Gasteiger partial charge in [-0.05, 0) is 50.5 Å². The topological polar surface area (TPSA) is 71.1 Å². The number of aromatic nitrogens is 1. The van der Waals surface area contributed by atoms with Crippen LogP contribution in [-0.4, -0.2) is 23.3 Å². The Morgan fingerprint density at radius 1 is 1.33 bits per heavy atom. The first-order valence-corrected chi connectivity index (χ1v) is 9.12. The molecule has 24 heavy (non-hydrogen) atoms. The van der Waals surface area contributed by atoms with E-state index in [1.165, 1.54) is 11.3 Å². The number of nitrogens with one attached hydrogen (secondary N) is 2. The number of anilines is 1. The summed E-state index contributed by atoms with van der Waals surface area (Å²) in [6.45, 7) is 2.51. The molecule has 0 bridgehead atoms. The van der Waals surface area contributed by atoms with Crippen LogP contribution in [0.2, 0.25) is 5.02 Å². The van der Waals surface area contributed by atoms with Crippen molar-refractivity contribution in [2.75, 3.05) is 11.9 Å². The fourth-order valence-electron chi connectivity index (χ4n) is 2.80. The molecule has 5 nitrogen and oxygen atoms in total. The van der Waals surface area contributed by atoms with E-state index < -0.39 is 0 Å². The number of benzene rings is 1. The molecule has 1 aliphatic rings. The van der Waals surface area contributed by atoms with E-state index in [2.05, 4.69) is 15.6 Å². The number of hydrogen-bond acceptors (Lipinski definition) is 4. The van der Waals surface area contributed by atoms with Crippen LogP contribution >= 0.6 is 22.9 Å². The molecule has 1 atom stereocenters. The number of thiazole rings is 1. The van der Waals surface area contributed by atoms with Crippen LogP contribution in [0.15, 0.2) is 24.3 Å². The SMILES string of the molecule is CCNC(=O)C1CCCc2sc(NC(=O)c3ccc(Cl)cc3)nc21. The van der Waals surface area contributed by atoms with Crippen molar-refractivity contribution < 1.29 is 9.59 Å². The lowest BCUT2D eigenvalue weighted by molar-refractivity contribution is -0.122. The molecule has 1 aliphatic carbocycles. The maximum Gasteiger partial charge on any atom is 0.257 e. The number of carbonyl (C=O) groups excluding carboxylic acids is 2. The standard InChI is InChI=1S/C17H18ClN3O2S/c1-2-19-16(23)12-4-3-5-13-14(12)20-17(24-13)21-15(22)10-6-8-11(18)9-7-10/h6-9,12H,2-5H2,1H3,(H,19,23)(H,20,21,22). The number of fused-ring (bicyclic) bond motifs is 1. The van der Waals surface area contributed by atoms with E-state index in [0.717, 1.165) is 29.8 Å². The van der Waals surface area contributed by atoms with Crippen molar-refractivity contribution in [2.24, 2.45) is 0 Å². The average molecular weight is 364 g/mol. The molecule has 2 amide bonds. The van der Waals surface area contributed by atoms with Crippen molar-refractivity contribution in [1.82, 2.24) is 10.3 Å². The largest absolute Gasteiger partial charge is 0.356 e. The van der Waals surface area contributed by atoms with Crippen LogP contribution in [0, 0.1) is 0 Å². The third-order valence-corrected chi connectivity index (χ3v) is 5.25. The summed E-state index contributed by atoms with van der Waals surface area (Å²) < 4.78 is 0. The molecule has 0 radical (unpaired) electrons. The number of hydrogen-bond donors (Lipinski definition) is 2. The van der Waals surface area contributed by atoms with Gasteiger partial charge >= 0.3 is 0 Å². The highest BCUT2D eigenvalue weighted by molar-refractivity contribution is 7.15. The molecule has 1 aromatic heterocycles. The van der Waals surface area contributed by atoms with Gasteiger partial charge in [-0.3, -0.25) is 14.9 Å². The number of rotatable bonds is 4. The molecule has 2 N–H and O–H groups in total. The fourth-order valence-corrected chi connectivity index (χ4v) is 3.98. The lowest BCUT2D eigenvalue weighted by Gasteiger charge is -2.19. The molecule has 1 unspecified atom stereocenters. The maximum atomic E-state index is 12.3. The minimum Gasteiger partial charge on any atom is -0.356 e. The van der Waals surface area contributed by atoms with E-state index in [1.807, 2.05) is 6.92 Å². The van der Waals surface area contributed by atoms with Gasteiger partial charge in [-0.1, -0.05) is 11.6 Å². The summed E-state index contributed by atoms with van der Waals surface area (Å²) >= 11 is 7.29. The highest BCUT2D eigenvalue weighted by Crippen LogP contribution is 2.36. The molecule has 0 spiro atoms. The number of amides is 2. The first-order chi connectivity index (χ1) is 11.6. The zero-order valence-electron chi connectivity index (χ0n) is 13.3. The van der Waals surface area contributed by atoms with E-state index in [9.17, 15) is 9.59 Å². The van der Waals surface area contributed by atoms with Gasteiger partial charge in [0.25, 0.3) is 5.91 Å². The van der Waals surface area contributed by atoms with Gasteiger partial charge in [0.15, 0.2) is 5.13 Å². The first-order valence-electron chi connectivity index (χ1n) is 7.92. The average Bonchev–Trinajstić information content (AvgIpc) is 2.97. The van der Waals surface area contributed by atoms with Crippen molar-refractivity contribution in [3.05, 3.63) is 45.4 Å². The molecule has 0 saturated carbocycles. The van der Waals surface area contributed by atoms with Crippen LogP contribution in [0.25, 0.3) is 0 Å². The van der Waals surface area contributed by atoms with Crippen LogP contribution in [0.5, 0.6) is 0 Å². The number of carbonyl (C=O) groups is 2. The smallest absolute Gasteiger partial charge is 0.257 e. The predicted molar refractivity (Wildman–Crippen MR) is 95.9 cm³/mol. The minimum absolute atomic E-state index is 0.0133. The van der Waals surface area contributed by atoms with Gasteiger partial charge in [-0.2, -0.15) is 0 Å². The van der Waals surface area contributed by atoms with Crippen LogP contribution in [-0.2, 0) is 11.2 Å². The van der Waals surface area contributed by atoms with Gasteiger partial charge in [-0.25, -0.2) is 4.98 Å². The van der Waals surface area contributed by atoms with Gasteiger partial charge in [0.05, 0.1) is 11.6 Å². The van der Waals surface area contributed by atoms with Crippen LogP contribution in [0.1, 0.15) is 46.6 Å². The van der Waals surface area contributed by atoms with E-state index in [0.29, 0.717) is 22.3 Å². The van der Waals surface area contributed by atoms with Crippen molar-refractivity contribution >= 4 is 39.9 Å². The molecule has 3 rings (SSSR count). The Labute approximate surface area is 149 Å². The van der Waals surface area contributed by atoms with Crippen LogP contribution in [0.4, 0.5) is 5.13 Å². The lowest BCUT2D eigenvalue weighted by atomic mass is 9.90. The summed E-state index contributed by atoms with van der Waals surface area (Å²) in [5, 5.41) is 6.81. The Balaban J connectivity index is 1.77. The number of aryl methyl sites for hydroxylation is 1. The van der Waals surface area contributed by atoms with E-state index in [4.69, 9.17) is 11.6 Å². The van der Waals surface area contributed by atoms with Crippen molar-refractivity contribution in [3.8, 4) is 0 Å². The zero-order chi connectivity index (χ0) is 17.1. The summed E-state index contributed by atoms with van der Waals surface area (Å²) in [6.07, 6.45) is 2.66. The number of nitrogens with zero attached hydrogens (tertiary/aromatic N) is 1. The van der Waals surface area contributed by atoms with Gasteiger partial charge in [0.2, 0.25) is 5.91 Å². The quantitative estimate of drug-likeness (QED) is 0.871. The first kappa shape index (κ1) is 16.9. The Hall–Kier alpha value is -1.92. The highest BCUT2D eigenvalue weighted by Gasteiger charge is 2.30. The zero-order valence-corrected chi connectivity index (χ0v) is 14.8. The molecular formula is C17H18ClN3O2S. The van der Waals surface area contributed by atoms with Gasteiger partial charge in [0, 0.05) is 22.0 Å². The van der Waals surface area contributed by atoms with Gasteiger partial charge in [0.1, 0.15) is 0 Å². The summed E-state index contributed by atoms with van der Waals surface area (Å²) in [5.41, 5.74) is 1.33. The molecule has 126 valence electrons. The van der Waals surface area contributed by atoms with Crippen LogP contribution in [0.3, 0.4) is 0 Å². The lowest BCUT2D eigenvalue weighted by Crippen LogP contribution is -2.31. The van der Waals surface area contributed by atoms with Crippen molar-refractivity contribution in [1.29, 1.82) is 0 Å². The molecule has 0 fully saturated rings. The summed E-state index contributed by atoms with van der Waals surface area (Å²) in [5.74, 6) is -0.433. The predicted octanol–water partition coefficient (Wildman–Crippen LogP) is 3.60. The van der Waals surface area contributed by atoms with E-state index >= 15 is 0 Å². The van der Waals surface area contributed by atoms with Crippen molar-refractivity contribution in [3.63, 3.8) is 0 Å². The number of likely N-dealkylation sites (N-methyl/N-ethyl adjacent to an activating group) is 1. The molecule has 7 heteroatoms. The monoisotopic (exact) mass is 363 g/mol. The Morgan fingerprint density at radius 3 is 2.79 bits per heavy atom. The second kappa shape index (κ2) is 7.32.